The van der Waals surface area contributed by atoms with E-state index in [2.05, 4.69) is 19.9 Å². The maximum Gasteiger partial charge on any atom is 0.222 e. The third kappa shape index (κ3) is 5.58. The van der Waals surface area contributed by atoms with E-state index < -0.39 is 0 Å². The van der Waals surface area contributed by atoms with Crippen LogP contribution in [0.3, 0.4) is 0 Å². The van der Waals surface area contributed by atoms with Crippen LogP contribution in [-0.2, 0) is 4.79 Å². The minimum atomic E-state index is 0.177. The molecule has 14 heavy (non-hydrogen) atoms. The topological polar surface area (TPSA) is 44.1 Å². The van der Waals surface area contributed by atoms with E-state index in [9.17, 15) is 4.79 Å². The second kappa shape index (κ2) is 7.37. The molecule has 0 radical (unpaired) electrons. The van der Waals surface area contributed by atoms with E-state index in [1.807, 2.05) is 6.92 Å². The number of carbonyl (C=O) groups is 1. The van der Waals surface area contributed by atoms with E-state index in [-0.39, 0.29) is 5.91 Å². The zero-order chi connectivity index (χ0) is 11.0. The molecule has 0 bridgehead atoms. The van der Waals surface area contributed by atoms with Crippen LogP contribution in [0.2, 0.25) is 0 Å². The van der Waals surface area contributed by atoms with Gasteiger partial charge < -0.3 is 4.90 Å². The van der Waals surface area contributed by atoms with Crippen molar-refractivity contribution in [2.75, 3.05) is 13.1 Å². The Hall–Kier alpha value is -1.04. The highest BCUT2D eigenvalue weighted by molar-refractivity contribution is 5.76. The Morgan fingerprint density at radius 1 is 1.50 bits per heavy atom. The predicted octanol–water partition coefficient (Wildman–Crippen LogP) is 2.18. The highest BCUT2D eigenvalue weighted by atomic mass is 16.2. The second-order valence-corrected chi connectivity index (χ2v) is 3.89. The van der Waals surface area contributed by atoms with Crippen molar-refractivity contribution >= 4 is 5.91 Å². The van der Waals surface area contributed by atoms with E-state index in [0.29, 0.717) is 25.3 Å². The lowest BCUT2D eigenvalue weighted by molar-refractivity contribution is -0.131. The first-order chi connectivity index (χ1) is 6.61. The Morgan fingerprint density at radius 3 is 2.57 bits per heavy atom. The molecule has 3 nitrogen and oxygen atoms in total. The lowest BCUT2D eigenvalue weighted by atomic mass is 10.2. The number of carbonyl (C=O) groups excluding carboxylic acids is 1. The van der Waals surface area contributed by atoms with Gasteiger partial charge in [0, 0.05) is 19.5 Å². The number of nitrogens with zero attached hydrogens (tertiary/aromatic N) is 2. The smallest absolute Gasteiger partial charge is 0.222 e. The van der Waals surface area contributed by atoms with E-state index in [1.54, 1.807) is 4.90 Å². The first-order valence-corrected chi connectivity index (χ1v) is 5.26. The van der Waals surface area contributed by atoms with Crippen LogP contribution >= 0.6 is 0 Å². The lowest BCUT2D eigenvalue weighted by Gasteiger charge is -2.23. The molecule has 0 heterocycles. The molecule has 0 unspecified atom stereocenters. The van der Waals surface area contributed by atoms with Crippen LogP contribution in [0, 0.1) is 17.2 Å². The van der Waals surface area contributed by atoms with Gasteiger partial charge in [-0.3, -0.25) is 4.79 Å². The second-order valence-electron chi connectivity index (χ2n) is 3.89. The molecule has 0 saturated heterocycles. The van der Waals surface area contributed by atoms with E-state index in [4.69, 9.17) is 5.26 Å². The van der Waals surface area contributed by atoms with Crippen LogP contribution in [0.5, 0.6) is 0 Å². The third-order valence-corrected chi connectivity index (χ3v) is 1.90. The molecule has 3 heteroatoms. The van der Waals surface area contributed by atoms with Crippen molar-refractivity contribution in [3.8, 4) is 6.07 Å². The van der Waals surface area contributed by atoms with Crippen molar-refractivity contribution in [2.24, 2.45) is 5.92 Å². The molecule has 0 aliphatic carbocycles. The molecular weight excluding hydrogens is 176 g/mol. The Bertz CT molecular complexity index is 206. The molecule has 0 saturated carbocycles. The standard InChI is InChI=1S/C11H20N2O/c1-4-6-11(14)13(8-5-7-12)9-10(2)3/h10H,4-6,8-9H2,1-3H3. The average molecular weight is 196 g/mol. The van der Waals surface area contributed by atoms with Crippen molar-refractivity contribution in [3.63, 3.8) is 0 Å². The molecule has 0 rings (SSSR count). The zero-order valence-electron chi connectivity index (χ0n) is 9.42. The van der Waals surface area contributed by atoms with Gasteiger partial charge in [-0.1, -0.05) is 20.8 Å². The van der Waals surface area contributed by atoms with Crippen LogP contribution in [0.15, 0.2) is 0 Å². The van der Waals surface area contributed by atoms with Gasteiger partial charge in [0.25, 0.3) is 0 Å². The summed E-state index contributed by atoms with van der Waals surface area (Å²) in [5.74, 6) is 0.644. The molecule has 0 aromatic rings. The monoisotopic (exact) mass is 196 g/mol. The van der Waals surface area contributed by atoms with E-state index in [1.165, 1.54) is 0 Å². The zero-order valence-corrected chi connectivity index (χ0v) is 9.42. The Labute approximate surface area is 86.7 Å². The normalized spacial score (nSPS) is 9.93. The molecule has 0 aromatic carbocycles. The highest BCUT2D eigenvalue weighted by Gasteiger charge is 2.12. The van der Waals surface area contributed by atoms with Crippen molar-refractivity contribution in [2.45, 2.75) is 40.0 Å². The Balaban J connectivity index is 4.09. The highest BCUT2D eigenvalue weighted by Crippen LogP contribution is 2.03. The summed E-state index contributed by atoms with van der Waals surface area (Å²) in [6.07, 6.45) is 1.90. The number of hydrogen-bond acceptors (Lipinski definition) is 2. The fourth-order valence-corrected chi connectivity index (χ4v) is 1.32. The van der Waals surface area contributed by atoms with Gasteiger partial charge in [0.1, 0.15) is 0 Å². The van der Waals surface area contributed by atoms with Crippen LogP contribution in [-0.4, -0.2) is 23.9 Å². The van der Waals surface area contributed by atoms with Crippen LogP contribution in [0.4, 0.5) is 0 Å². The van der Waals surface area contributed by atoms with E-state index in [0.717, 1.165) is 13.0 Å². The van der Waals surface area contributed by atoms with Gasteiger partial charge in [0.2, 0.25) is 5.91 Å². The van der Waals surface area contributed by atoms with Crippen molar-refractivity contribution in [1.82, 2.24) is 4.90 Å². The Morgan fingerprint density at radius 2 is 2.14 bits per heavy atom. The van der Waals surface area contributed by atoms with Gasteiger partial charge in [0.15, 0.2) is 0 Å². The number of nitriles is 1. The van der Waals surface area contributed by atoms with Crippen LogP contribution < -0.4 is 0 Å². The maximum atomic E-state index is 11.6. The maximum absolute atomic E-state index is 11.6. The van der Waals surface area contributed by atoms with Crippen LogP contribution in [0.1, 0.15) is 40.0 Å². The predicted molar refractivity (Wildman–Crippen MR) is 56.6 cm³/mol. The summed E-state index contributed by atoms with van der Waals surface area (Å²) in [6.45, 7) is 7.50. The molecule has 80 valence electrons. The van der Waals surface area contributed by atoms with E-state index >= 15 is 0 Å². The van der Waals surface area contributed by atoms with Gasteiger partial charge in [-0.15, -0.1) is 0 Å². The first kappa shape index (κ1) is 13.0. The quantitative estimate of drug-likeness (QED) is 0.653. The summed E-state index contributed by atoms with van der Waals surface area (Å²) in [5.41, 5.74) is 0. The third-order valence-electron chi connectivity index (χ3n) is 1.90. The Kier molecular flexibility index (Phi) is 6.82. The molecular formula is C11H20N2O. The van der Waals surface area contributed by atoms with Gasteiger partial charge in [-0.25, -0.2) is 0 Å². The fourth-order valence-electron chi connectivity index (χ4n) is 1.32. The first-order valence-electron chi connectivity index (χ1n) is 5.26. The number of rotatable bonds is 6. The average Bonchev–Trinajstić information content (AvgIpc) is 2.12. The van der Waals surface area contributed by atoms with Gasteiger partial charge in [-0.05, 0) is 12.3 Å². The molecule has 0 aliphatic heterocycles. The fraction of sp³-hybridized carbons (Fsp3) is 0.818. The summed E-state index contributed by atoms with van der Waals surface area (Å²) >= 11 is 0. The van der Waals surface area contributed by atoms with Crippen molar-refractivity contribution in [3.05, 3.63) is 0 Å². The summed E-state index contributed by atoms with van der Waals surface area (Å²) < 4.78 is 0. The molecule has 0 aliphatic rings. The molecule has 0 atom stereocenters. The van der Waals surface area contributed by atoms with Gasteiger partial charge in [-0.2, -0.15) is 5.26 Å². The summed E-state index contributed by atoms with van der Waals surface area (Å²) in [4.78, 5) is 13.4. The lowest BCUT2D eigenvalue weighted by Crippen LogP contribution is -2.34. The molecule has 0 fully saturated rings. The van der Waals surface area contributed by atoms with Gasteiger partial charge in [0.05, 0.1) is 12.5 Å². The SMILES string of the molecule is CCCC(=O)N(CCC#N)CC(C)C. The molecule has 0 spiro atoms. The summed E-state index contributed by atoms with van der Waals surface area (Å²) in [6, 6.07) is 2.07. The summed E-state index contributed by atoms with van der Waals surface area (Å²) in [7, 11) is 0. The van der Waals surface area contributed by atoms with Crippen molar-refractivity contribution < 1.29 is 4.79 Å². The largest absolute Gasteiger partial charge is 0.341 e. The number of hydrogen-bond donors (Lipinski definition) is 0. The molecule has 0 N–H and O–H groups in total. The molecule has 0 aromatic heterocycles. The van der Waals surface area contributed by atoms with Crippen LogP contribution in [0.25, 0.3) is 0 Å². The number of amides is 1. The minimum Gasteiger partial charge on any atom is -0.341 e. The van der Waals surface area contributed by atoms with Gasteiger partial charge >= 0.3 is 0 Å². The van der Waals surface area contributed by atoms with Crippen molar-refractivity contribution in [1.29, 1.82) is 5.26 Å². The minimum absolute atomic E-state index is 0.177. The summed E-state index contributed by atoms with van der Waals surface area (Å²) in [5, 5.41) is 8.47. The molecule has 1 amide bonds.